The Hall–Kier alpha value is -2.74. The van der Waals surface area contributed by atoms with Crippen molar-refractivity contribution in [2.24, 2.45) is 5.92 Å². The Morgan fingerprint density at radius 1 is 0.759 bits per heavy atom. The number of hydrogen-bond donors (Lipinski definition) is 0. The minimum absolute atomic E-state index is 0.654. The summed E-state index contributed by atoms with van der Waals surface area (Å²) in [5.74, 6) is 0.862. The molecule has 2 heteroatoms. The first-order valence-corrected chi connectivity index (χ1v) is 11.1. The molecule has 2 saturated heterocycles. The molecular formula is C27H28N2. The van der Waals surface area contributed by atoms with E-state index in [1.807, 2.05) is 0 Å². The maximum atomic E-state index is 2.76. The Bertz CT molecular complexity index is 1190. The summed E-state index contributed by atoms with van der Waals surface area (Å²) in [7, 11) is 0. The van der Waals surface area contributed by atoms with Crippen molar-refractivity contribution in [2.45, 2.75) is 51.6 Å². The number of rotatable bonds is 2. The highest BCUT2D eigenvalue weighted by molar-refractivity contribution is 6.10. The molecule has 3 aromatic carbocycles. The lowest BCUT2D eigenvalue weighted by molar-refractivity contribution is 0.200. The zero-order chi connectivity index (χ0) is 19.5. The smallest absolute Gasteiger partial charge is 0.0545 e. The van der Waals surface area contributed by atoms with Gasteiger partial charge < -0.3 is 9.47 Å². The van der Waals surface area contributed by atoms with E-state index in [4.69, 9.17) is 0 Å². The monoisotopic (exact) mass is 380 g/mol. The van der Waals surface area contributed by atoms with Crippen LogP contribution in [0.25, 0.3) is 27.5 Å². The summed E-state index contributed by atoms with van der Waals surface area (Å²) >= 11 is 0. The Labute approximate surface area is 172 Å². The molecule has 0 N–H and O–H groups in total. The van der Waals surface area contributed by atoms with Crippen molar-refractivity contribution in [3.05, 3.63) is 72.3 Å². The molecule has 146 valence electrons. The van der Waals surface area contributed by atoms with Crippen molar-refractivity contribution < 1.29 is 0 Å². The van der Waals surface area contributed by atoms with Crippen molar-refractivity contribution >= 4 is 27.5 Å². The highest BCUT2D eigenvalue weighted by Crippen LogP contribution is 2.45. The first-order valence-electron chi connectivity index (χ1n) is 11.1. The maximum Gasteiger partial charge on any atom is 0.0545 e. The molecule has 7 rings (SSSR count). The number of anilines is 1. The number of hydrogen-bond acceptors (Lipinski definition) is 1. The number of piperidine rings is 2. The summed E-state index contributed by atoms with van der Waals surface area (Å²) in [5, 5.41) is 2.72. The molecule has 4 aromatic rings. The predicted octanol–water partition coefficient (Wildman–Crippen LogP) is 6.86. The van der Waals surface area contributed by atoms with E-state index in [1.54, 1.807) is 0 Å². The molecule has 0 radical (unpaired) electrons. The second kappa shape index (κ2) is 6.38. The van der Waals surface area contributed by atoms with Crippen LogP contribution in [-0.2, 0) is 0 Å². The van der Waals surface area contributed by atoms with Crippen LogP contribution < -0.4 is 4.90 Å². The van der Waals surface area contributed by atoms with Crippen LogP contribution in [0.1, 0.15) is 38.2 Å². The van der Waals surface area contributed by atoms with Gasteiger partial charge in [0.2, 0.25) is 0 Å². The molecule has 29 heavy (non-hydrogen) atoms. The van der Waals surface area contributed by atoms with E-state index in [0.29, 0.717) is 12.1 Å². The molecule has 1 aromatic heterocycles. The highest BCUT2D eigenvalue weighted by Gasteiger charge is 2.39. The molecule has 1 atom stereocenters. The number of nitrogens with zero attached hydrogens (tertiary/aromatic N) is 2. The summed E-state index contributed by atoms with van der Waals surface area (Å²) in [6.45, 7) is 4.75. The zero-order valence-electron chi connectivity index (χ0n) is 17.3. The Morgan fingerprint density at radius 2 is 1.48 bits per heavy atom. The molecule has 3 aliphatic rings. The lowest BCUT2D eigenvalue weighted by Gasteiger charge is -2.52. The summed E-state index contributed by atoms with van der Waals surface area (Å²) < 4.78 is 2.42. The van der Waals surface area contributed by atoms with Gasteiger partial charge in [-0.15, -0.1) is 0 Å². The van der Waals surface area contributed by atoms with E-state index in [9.17, 15) is 0 Å². The number of fused-ring (bicyclic) bond motifs is 6. The van der Waals surface area contributed by atoms with Crippen LogP contribution in [0.3, 0.4) is 0 Å². The highest BCUT2D eigenvalue weighted by atomic mass is 15.2. The summed E-state index contributed by atoms with van der Waals surface area (Å²) in [6.07, 6.45) is 5.55. The van der Waals surface area contributed by atoms with Crippen LogP contribution >= 0.6 is 0 Å². The fourth-order valence-corrected chi connectivity index (χ4v) is 6.08. The van der Waals surface area contributed by atoms with Gasteiger partial charge in [0.1, 0.15) is 0 Å². The quantitative estimate of drug-likeness (QED) is 0.369. The third kappa shape index (κ3) is 2.48. The average Bonchev–Trinajstić information content (AvgIpc) is 3.08. The van der Waals surface area contributed by atoms with Crippen molar-refractivity contribution in [2.75, 3.05) is 4.90 Å². The van der Waals surface area contributed by atoms with Crippen LogP contribution in [0.4, 0.5) is 5.69 Å². The van der Waals surface area contributed by atoms with Crippen molar-refractivity contribution in [3.8, 4) is 5.69 Å². The van der Waals surface area contributed by atoms with Crippen LogP contribution in [0.15, 0.2) is 66.7 Å². The number of aromatic nitrogens is 1. The Balaban J connectivity index is 1.62. The van der Waals surface area contributed by atoms with E-state index in [0.717, 1.165) is 5.92 Å². The van der Waals surface area contributed by atoms with Crippen molar-refractivity contribution in [1.29, 1.82) is 0 Å². The van der Waals surface area contributed by atoms with Gasteiger partial charge in [0, 0.05) is 34.2 Å². The van der Waals surface area contributed by atoms with Crippen LogP contribution in [0, 0.1) is 12.8 Å². The van der Waals surface area contributed by atoms with E-state index >= 15 is 0 Å². The van der Waals surface area contributed by atoms with Crippen LogP contribution in [0.5, 0.6) is 0 Å². The number of para-hydroxylation sites is 2. The minimum Gasteiger partial charge on any atom is -0.365 e. The van der Waals surface area contributed by atoms with Gasteiger partial charge in [-0.05, 0) is 81.3 Å². The van der Waals surface area contributed by atoms with Gasteiger partial charge in [-0.2, -0.15) is 0 Å². The van der Waals surface area contributed by atoms with Gasteiger partial charge in [-0.25, -0.2) is 0 Å². The maximum absolute atomic E-state index is 2.76. The molecule has 0 unspecified atom stereocenters. The van der Waals surface area contributed by atoms with E-state index in [1.165, 1.54) is 64.4 Å². The summed E-state index contributed by atoms with van der Waals surface area (Å²) in [5.41, 5.74) is 6.69. The van der Waals surface area contributed by atoms with Gasteiger partial charge in [0.05, 0.1) is 11.0 Å². The van der Waals surface area contributed by atoms with Gasteiger partial charge in [-0.1, -0.05) is 36.4 Å². The molecule has 0 amide bonds. The van der Waals surface area contributed by atoms with Gasteiger partial charge in [-0.3, -0.25) is 0 Å². The standard InChI is InChI=1S/C27H28N2/c1-18-16-27-24(17-26(18)28-19(2)20-12-14-22(28)15-13-20)23-10-6-7-11-25(23)29(27)21-8-4-3-5-9-21/h3-11,16-17,19-20,22H,12-15H2,1-2H3/t19-,20?,22?/m0/s1. The number of aryl methyl sites for hydroxylation is 1. The van der Waals surface area contributed by atoms with E-state index in [2.05, 4.69) is 90.0 Å². The third-order valence-electron chi connectivity index (χ3n) is 7.54. The molecule has 1 aliphatic carbocycles. The van der Waals surface area contributed by atoms with Crippen LogP contribution in [0.2, 0.25) is 0 Å². The molecule has 0 spiro atoms. The predicted molar refractivity (Wildman–Crippen MR) is 123 cm³/mol. The molecule has 2 bridgehead atoms. The van der Waals surface area contributed by atoms with Gasteiger partial charge in [0.25, 0.3) is 0 Å². The largest absolute Gasteiger partial charge is 0.365 e. The molecule has 3 fully saturated rings. The average molecular weight is 381 g/mol. The summed E-state index contributed by atoms with van der Waals surface area (Å²) in [6, 6.07) is 25.9. The van der Waals surface area contributed by atoms with Crippen molar-refractivity contribution in [1.82, 2.24) is 4.57 Å². The SMILES string of the molecule is Cc1cc2c(cc1N1C3CCC(CC3)[C@@H]1C)c1ccccc1n2-c1ccccc1. The zero-order valence-corrected chi connectivity index (χ0v) is 17.3. The topological polar surface area (TPSA) is 8.17 Å². The lowest BCUT2D eigenvalue weighted by Crippen LogP contribution is -2.54. The van der Waals surface area contributed by atoms with Gasteiger partial charge >= 0.3 is 0 Å². The molecular weight excluding hydrogens is 352 g/mol. The molecule has 1 saturated carbocycles. The second-order valence-corrected chi connectivity index (χ2v) is 9.06. The first-order chi connectivity index (χ1) is 14.2. The summed E-state index contributed by atoms with van der Waals surface area (Å²) in [4.78, 5) is 2.76. The van der Waals surface area contributed by atoms with E-state index in [-0.39, 0.29) is 0 Å². The molecule has 2 aliphatic heterocycles. The fraction of sp³-hybridized carbons (Fsp3) is 0.333. The molecule has 3 heterocycles. The minimum atomic E-state index is 0.654. The van der Waals surface area contributed by atoms with Gasteiger partial charge in [0.15, 0.2) is 0 Å². The third-order valence-corrected chi connectivity index (χ3v) is 7.54. The molecule has 2 nitrogen and oxygen atoms in total. The first kappa shape index (κ1) is 17.1. The number of benzene rings is 3. The lowest BCUT2D eigenvalue weighted by atomic mass is 9.74. The van der Waals surface area contributed by atoms with E-state index < -0.39 is 0 Å². The Morgan fingerprint density at radius 3 is 2.24 bits per heavy atom. The van der Waals surface area contributed by atoms with Crippen molar-refractivity contribution in [3.63, 3.8) is 0 Å². The Kier molecular flexibility index (Phi) is 3.77. The fourth-order valence-electron chi connectivity index (χ4n) is 6.08. The normalized spacial score (nSPS) is 23.9. The second-order valence-electron chi connectivity index (χ2n) is 9.06. The van der Waals surface area contributed by atoms with Crippen LogP contribution in [-0.4, -0.2) is 16.7 Å².